The summed E-state index contributed by atoms with van der Waals surface area (Å²) in [5, 5.41) is 11.3. The monoisotopic (exact) mass is 243 g/mol. The average Bonchev–Trinajstić information content (AvgIpc) is 2.24. The first-order valence-corrected chi connectivity index (χ1v) is 6.19. The molecule has 0 spiro atoms. The number of carbonyl (C=O) groups is 1. The Hall–Kier alpha value is -1.23. The summed E-state index contributed by atoms with van der Waals surface area (Å²) in [6.45, 7) is 1.90. The number of phenolic OH excluding ortho intramolecular Hbond substituents is 1. The lowest BCUT2D eigenvalue weighted by molar-refractivity contribution is -0.115. The van der Waals surface area contributed by atoms with Crippen LogP contribution in [0.5, 0.6) is 5.75 Å². The topological polar surface area (TPSA) is 49.3 Å². The van der Waals surface area contributed by atoms with Crippen LogP contribution in [-0.2, 0) is 4.79 Å². The first-order valence-electron chi connectivity index (χ1n) is 4.90. The van der Waals surface area contributed by atoms with Crippen molar-refractivity contribution in [2.24, 2.45) is 0 Å². The van der Waals surface area contributed by atoms with Crippen LogP contribution in [0.1, 0.15) is 13.3 Å². The van der Waals surface area contributed by atoms with Gasteiger partial charge in [-0.2, -0.15) is 11.8 Å². The van der Waals surface area contributed by atoms with Gasteiger partial charge >= 0.3 is 0 Å². The van der Waals surface area contributed by atoms with Gasteiger partial charge in [0.2, 0.25) is 5.91 Å². The van der Waals surface area contributed by atoms with E-state index in [1.54, 1.807) is 0 Å². The van der Waals surface area contributed by atoms with Crippen LogP contribution in [0.3, 0.4) is 0 Å². The predicted molar refractivity (Wildman–Crippen MR) is 64.3 cm³/mol. The molecule has 16 heavy (non-hydrogen) atoms. The molecule has 0 aromatic heterocycles. The van der Waals surface area contributed by atoms with E-state index in [0.29, 0.717) is 6.42 Å². The second-order valence-electron chi connectivity index (χ2n) is 3.29. The molecule has 88 valence electrons. The smallest absolute Gasteiger partial charge is 0.237 e. The minimum absolute atomic E-state index is 0.0929. The molecular formula is C11H14FNO2S. The van der Waals surface area contributed by atoms with Gasteiger partial charge in [0, 0.05) is 6.07 Å². The quantitative estimate of drug-likeness (QED) is 0.799. The molecule has 1 rings (SSSR count). The Kier molecular flexibility index (Phi) is 4.61. The minimum atomic E-state index is -0.635. The van der Waals surface area contributed by atoms with Gasteiger partial charge in [0.05, 0.1) is 10.9 Å². The molecule has 0 saturated heterocycles. The van der Waals surface area contributed by atoms with Crippen molar-refractivity contribution in [3.63, 3.8) is 0 Å². The normalized spacial score (nSPS) is 12.2. The molecule has 3 nitrogen and oxygen atoms in total. The number of thioether (sulfide) groups is 1. The maximum Gasteiger partial charge on any atom is 0.237 e. The number of hydrogen-bond donors (Lipinski definition) is 2. The van der Waals surface area contributed by atoms with Gasteiger partial charge in [-0.05, 0) is 24.8 Å². The maximum atomic E-state index is 13.3. The number of phenols is 1. The van der Waals surface area contributed by atoms with Crippen molar-refractivity contribution in [1.29, 1.82) is 0 Å². The van der Waals surface area contributed by atoms with E-state index in [0.717, 1.165) is 6.07 Å². The fourth-order valence-electron chi connectivity index (χ4n) is 1.28. The molecule has 0 radical (unpaired) electrons. The largest absolute Gasteiger partial charge is 0.508 e. The maximum absolute atomic E-state index is 13.3. The molecule has 0 fully saturated rings. The molecule has 1 unspecified atom stereocenters. The molecule has 0 aliphatic carbocycles. The van der Waals surface area contributed by atoms with Crippen LogP contribution in [0.2, 0.25) is 0 Å². The number of amides is 1. The van der Waals surface area contributed by atoms with Gasteiger partial charge in [0.25, 0.3) is 0 Å². The number of benzene rings is 1. The van der Waals surface area contributed by atoms with Gasteiger partial charge in [-0.3, -0.25) is 4.79 Å². The number of halogens is 1. The summed E-state index contributed by atoms with van der Waals surface area (Å²) in [6, 6.07) is 3.64. The molecule has 0 saturated carbocycles. The van der Waals surface area contributed by atoms with Crippen LogP contribution in [0.25, 0.3) is 0 Å². The zero-order chi connectivity index (χ0) is 12.1. The van der Waals surface area contributed by atoms with Gasteiger partial charge in [-0.25, -0.2) is 4.39 Å². The third kappa shape index (κ3) is 3.13. The third-order valence-electron chi connectivity index (χ3n) is 2.16. The van der Waals surface area contributed by atoms with Gasteiger partial charge in [-0.15, -0.1) is 0 Å². The lowest BCUT2D eigenvalue weighted by Gasteiger charge is -2.12. The van der Waals surface area contributed by atoms with Crippen LogP contribution in [0, 0.1) is 5.82 Å². The molecule has 1 amide bonds. The zero-order valence-corrected chi connectivity index (χ0v) is 9.97. The van der Waals surface area contributed by atoms with E-state index in [1.807, 2.05) is 13.2 Å². The van der Waals surface area contributed by atoms with Crippen molar-refractivity contribution in [2.45, 2.75) is 18.6 Å². The van der Waals surface area contributed by atoms with Crippen molar-refractivity contribution in [1.82, 2.24) is 0 Å². The summed E-state index contributed by atoms with van der Waals surface area (Å²) in [4.78, 5) is 11.7. The van der Waals surface area contributed by atoms with E-state index in [1.165, 1.54) is 23.9 Å². The summed E-state index contributed by atoms with van der Waals surface area (Å²) in [5.74, 6) is -1.02. The lowest BCUT2D eigenvalue weighted by Crippen LogP contribution is -2.24. The fourth-order valence-corrected chi connectivity index (χ4v) is 1.88. The van der Waals surface area contributed by atoms with Gasteiger partial charge < -0.3 is 10.4 Å². The minimum Gasteiger partial charge on any atom is -0.508 e. The van der Waals surface area contributed by atoms with E-state index in [9.17, 15) is 9.18 Å². The Morgan fingerprint density at radius 3 is 2.81 bits per heavy atom. The molecule has 0 bridgehead atoms. The summed E-state index contributed by atoms with van der Waals surface area (Å²) in [7, 11) is 0. The van der Waals surface area contributed by atoms with Crippen LogP contribution in [0.15, 0.2) is 18.2 Å². The van der Waals surface area contributed by atoms with Crippen LogP contribution >= 0.6 is 11.8 Å². The second kappa shape index (κ2) is 5.75. The molecule has 5 heteroatoms. The van der Waals surface area contributed by atoms with Crippen molar-refractivity contribution in [2.75, 3.05) is 11.6 Å². The third-order valence-corrected chi connectivity index (χ3v) is 3.27. The SMILES string of the molecule is CCC(SC)C(=O)Nc1ccc(O)cc1F. The highest BCUT2D eigenvalue weighted by Crippen LogP contribution is 2.21. The van der Waals surface area contributed by atoms with Gasteiger partial charge in [0.15, 0.2) is 0 Å². The van der Waals surface area contributed by atoms with Crippen LogP contribution in [0.4, 0.5) is 10.1 Å². The van der Waals surface area contributed by atoms with Crippen molar-refractivity contribution < 1.29 is 14.3 Å². The highest BCUT2D eigenvalue weighted by molar-refractivity contribution is 7.99. The number of hydrogen-bond acceptors (Lipinski definition) is 3. The molecule has 1 aromatic rings. The standard InChI is InChI=1S/C11H14FNO2S/c1-3-10(16-2)11(15)13-9-5-4-7(14)6-8(9)12/h4-6,10,14H,3H2,1-2H3,(H,13,15). The number of rotatable bonds is 4. The Bertz CT molecular complexity index is 380. The molecule has 1 atom stereocenters. The molecular weight excluding hydrogens is 229 g/mol. The Balaban J connectivity index is 2.76. The highest BCUT2D eigenvalue weighted by atomic mass is 32.2. The van der Waals surface area contributed by atoms with E-state index in [4.69, 9.17) is 5.11 Å². The second-order valence-corrected chi connectivity index (χ2v) is 4.33. The fraction of sp³-hybridized carbons (Fsp3) is 0.364. The molecule has 0 aliphatic heterocycles. The average molecular weight is 243 g/mol. The molecule has 0 heterocycles. The predicted octanol–water partition coefficient (Wildman–Crippen LogP) is 2.61. The number of nitrogens with one attached hydrogen (secondary N) is 1. The highest BCUT2D eigenvalue weighted by Gasteiger charge is 2.16. The number of aromatic hydroxyl groups is 1. The first kappa shape index (κ1) is 12.8. The van der Waals surface area contributed by atoms with Crippen LogP contribution < -0.4 is 5.32 Å². The summed E-state index contributed by atoms with van der Waals surface area (Å²) in [6.07, 6.45) is 2.52. The van der Waals surface area contributed by atoms with Gasteiger partial charge in [0.1, 0.15) is 11.6 Å². The van der Waals surface area contributed by atoms with Crippen LogP contribution in [-0.4, -0.2) is 22.5 Å². The van der Waals surface area contributed by atoms with E-state index >= 15 is 0 Å². The summed E-state index contributed by atoms with van der Waals surface area (Å²) in [5.41, 5.74) is 0.0929. The summed E-state index contributed by atoms with van der Waals surface area (Å²) >= 11 is 1.42. The molecule has 2 N–H and O–H groups in total. The molecule has 1 aromatic carbocycles. The summed E-state index contributed by atoms with van der Waals surface area (Å²) < 4.78 is 13.3. The number of carbonyl (C=O) groups excluding carboxylic acids is 1. The Labute approximate surface area is 98.1 Å². The van der Waals surface area contributed by atoms with E-state index in [2.05, 4.69) is 5.32 Å². The van der Waals surface area contributed by atoms with E-state index in [-0.39, 0.29) is 22.6 Å². The Morgan fingerprint density at radius 1 is 1.62 bits per heavy atom. The van der Waals surface area contributed by atoms with Crippen molar-refractivity contribution in [3.05, 3.63) is 24.0 Å². The number of anilines is 1. The zero-order valence-electron chi connectivity index (χ0n) is 9.16. The van der Waals surface area contributed by atoms with Crippen molar-refractivity contribution in [3.8, 4) is 5.75 Å². The van der Waals surface area contributed by atoms with E-state index < -0.39 is 5.82 Å². The van der Waals surface area contributed by atoms with Crippen molar-refractivity contribution >= 4 is 23.4 Å². The lowest BCUT2D eigenvalue weighted by atomic mass is 10.2. The van der Waals surface area contributed by atoms with Gasteiger partial charge in [-0.1, -0.05) is 6.92 Å². The molecule has 0 aliphatic rings. The first-order chi connectivity index (χ1) is 7.58. The Morgan fingerprint density at radius 2 is 2.31 bits per heavy atom.